The van der Waals surface area contributed by atoms with E-state index in [9.17, 15) is 4.79 Å². The first-order chi connectivity index (χ1) is 9.67. The summed E-state index contributed by atoms with van der Waals surface area (Å²) in [6.45, 7) is 5.71. The minimum atomic E-state index is 0.170. The number of benzene rings is 1. The molecular weight excluding hydrogens is 270 g/mol. The van der Waals surface area contributed by atoms with Gasteiger partial charge in [-0.25, -0.2) is 0 Å². The predicted octanol–water partition coefficient (Wildman–Crippen LogP) is 1.93. The summed E-state index contributed by atoms with van der Waals surface area (Å²) in [6.07, 6.45) is 3.09. The third kappa shape index (κ3) is 3.27. The second-order valence-corrected chi connectivity index (χ2v) is 5.86. The summed E-state index contributed by atoms with van der Waals surface area (Å²) in [5, 5.41) is 0. The third-order valence-electron chi connectivity index (χ3n) is 3.81. The summed E-state index contributed by atoms with van der Waals surface area (Å²) in [5.74, 6) is 0.170. The molecule has 1 aliphatic rings. The zero-order valence-corrected chi connectivity index (χ0v) is 13.1. The van der Waals surface area contributed by atoms with Crippen molar-refractivity contribution in [2.24, 2.45) is 5.73 Å². The lowest BCUT2D eigenvalue weighted by molar-refractivity contribution is -0.128. The van der Waals surface area contributed by atoms with Crippen LogP contribution in [-0.4, -0.2) is 43.2 Å². The molecule has 4 nitrogen and oxygen atoms in total. The van der Waals surface area contributed by atoms with Gasteiger partial charge >= 0.3 is 0 Å². The smallest absolute Gasteiger partial charge is 0.219 e. The molecule has 0 atom stereocenters. The zero-order valence-electron chi connectivity index (χ0n) is 12.3. The molecule has 2 N–H and O–H groups in total. The van der Waals surface area contributed by atoms with E-state index < -0.39 is 0 Å². The molecule has 0 aromatic heterocycles. The van der Waals surface area contributed by atoms with Crippen molar-refractivity contribution in [3.8, 4) is 0 Å². The van der Waals surface area contributed by atoms with Crippen LogP contribution in [0.4, 0.5) is 5.69 Å². The van der Waals surface area contributed by atoms with E-state index in [1.807, 2.05) is 4.90 Å². The summed E-state index contributed by atoms with van der Waals surface area (Å²) < 4.78 is 0. The fraction of sp³-hybridized carbons (Fsp3) is 0.533. The lowest BCUT2D eigenvalue weighted by Crippen LogP contribution is -2.34. The molecule has 1 aromatic rings. The van der Waals surface area contributed by atoms with Crippen LogP contribution in [0.1, 0.15) is 18.9 Å². The highest BCUT2D eigenvalue weighted by Crippen LogP contribution is 2.30. The monoisotopic (exact) mass is 293 g/mol. The first kappa shape index (κ1) is 15.2. The first-order valence-corrected chi connectivity index (χ1v) is 8.26. The quantitative estimate of drug-likeness (QED) is 0.865. The van der Waals surface area contributed by atoms with Crippen molar-refractivity contribution in [2.45, 2.75) is 24.8 Å². The number of nitrogens with zero attached hydrogens (tertiary/aromatic N) is 2. The SMILES string of the molecule is CSc1cccc(N2CCCN(C(C)=O)CC2)c1CN. The highest BCUT2D eigenvalue weighted by Gasteiger charge is 2.19. The number of hydrogen-bond acceptors (Lipinski definition) is 4. The molecular formula is C15H23N3OS. The molecule has 0 radical (unpaired) electrons. The molecule has 0 aliphatic carbocycles. The molecule has 110 valence electrons. The molecule has 0 unspecified atom stereocenters. The fourth-order valence-electron chi connectivity index (χ4n) is 2.72. The van der Waals surface area contributed by atoms with Crippen LogP contribution in [0.15, 0.2) is 23.1 Å². The number of nitrogens with two attached hydrogens (primary N) is 1. The Morgan fingerprint density at radius 2 is 2.10 bits per heavy atom. The molecule has 0 bridgehead atoms. The van der Waals surface area contributed by atoms with Crippen molar-refractivity contribution in [3.05, 3.63) is 23.8 Å². The Morgan fingerprint density at radius 1 is 1.30 bits per heavy atom. The minimum absolute atomic E-state index is 0.170. The van der Waals surface area contributed by atoms with E-state index in [2.05, 4.69) is 29.4 Å². The Hall–Kier alpha value is -1.20. The molecule has 1 fully saturated rings. The van der Waals surface area contributed by atoms with Crippen LogP contribution < -0.4 is 10.6 Å². The maximum absolute atomic E-state index is 11.5. The number of carbonyl (C=O) groups excluding carboxylic acids is 1. The Kier molecular flexibility index (Phi) is 5.31. The molecule has 1 aromatic carbocycles. The molecule has 1 amide bonds. The van der Waals surface area contributed by atoms with Crippen LogP contribution in [0.5, 0.6) is 0 Å². The Morgan fingerprint density at radius 3 is 2.75 bits per heavy atom. The topological polar surface area (TPSA) is 49.6 Å². The van der Waals surface area contributed by atoms with Crippen molar-refractivity contribution in [3.63, 3.8) is 0 Å². The largest absolute Gasteiger partial charge is 0.369 e. The average Bonchev–Trinajstić information content (AvgIpc) is 2.72. The molecule has 20 heavy (non-hydrogen) atoms. The summed E-state index contributed by atoms with van der Waals surface area (Å²) in [5.41, 5.74) is 8.39. The first-order valence-electron chi connectivity index (χ1n) is 7.03. The van der Waals surface area contributed by atoms with Crippen LogP contribution in [0, 0.1) is 0 Å². The van der Waals surface area contributed by atoms with Gasteiger partial charge in [0.25, 0.3) is 0 Å². The number of thioether (sulfide) groups is 1. The van der Waals surface area contributed by atoms with E-state index in [1.165, 1.54) is 16.1 Å². The highest BCUT2D eigenvalue weighted by molar-refractivity contribution is 7.98. The van der Waals surface area contributed by atoms with E-state index in [0.717, 1.165) is 32.6 Å². The van der Waals surface area contributed by atoms with Gasteiger partial charge in [-0.05, 0) is 24.8 Å². The minimum Gasteiger partial charge on any atom is -0.369 e. The summed E-state index contributed by atoms with van der Waals surface area (Å²) >= 11 is 1.74. The second kappa shape index (κ2) is 6.99. The number of amides is 1. The average molecular weight is 293 g/mol. The summed E-state index contributed by atoms with van der Waals surface area (Å²) in [4.78, 5) is 17.0. The maximum Gasteiger partial charge on any atom is 0.219 e. The lowest BCUT2D eigenvalue weighted by atomic mass is 10.1. The van der Waals surface area contributed by atoms with Crippen molar-refractivity contribution in [1.29, 1.82) is 0 Å². The molecule has 1 aliphatic heterocycles. The standard InChI is InChI=1S/C15H23N3OS/c1-12(19)17-7-4-8-18(10-9-17)14-5-3-6-15(20-2)13(14)11-16/h3,5-6H,4,7-11,16H2,1-2H3. The van der Waals surface area contributed by atoms with Crippen LogP contribution in [0.25, 0.3) is 0 Å². The van der Waals surface area contributed by atoms with E-state index in [4.69, 9.17) is 5.73 Å². The van der Waals surface area contributed by atoms with E-state index in [0.29, 0.717) is 6.54 Å². The Labute approximate surface area is 125 Å². The van der Waals surface area contributed by atoms with Crippen molar-refractivity contribution >= 4 is 23.4 Å². The summed E-state index contributed by atoms with van der Waals surface area (Å²) in [7, 11) is 0. The number of rotatable bonds is 3. The van der Waals surface area contributed by atoms with Gasteiger partial charge in [-0.1, -0.05) is 6.07 Å². The molecule has 0 saturated carbocycles. The van der Waals surface area contributed by atoms with Crippen LogP contribution in [-0.2, 0) is 11.3 Å². The van der Waals surface area contributed by atoms with Crippen molar-refractivity contribution < 1.29 is 4.79 Å². The lowest BCUT2D eigenvalue weighted by Gasteiger charge is -2.26. The summed E-state index contributed by atoms with van der Waals surface area (Å²) in [6, 6.07) is 6.36. The van der Waals surface area contributed by atoms with E-state index >= 15 is 0 Å². The van der Waals surface area contributed by atoms with Gasteiger partial charge in [0.1, 0.15) is 0 Å². The van der Waals surface area contributed by atoms with Gasteiger partial charge < -0.3 is 15.5 Å². The third-order valence-corrected chi connectivity index (χ3v) is 4.64. The van der Waals surface area contributed by atoms with Crippen LogP contribution >= 0.6 is 11.8 Å². The van der Waals surface area contributed by atoms with Gasteiger partial charge in [0, 0.05) is 55.8 Å². The van der Waals surface area contributed by atoms with Crippen molar-refractivity contribution in [1.82, 2.24) is 4.90 Å². The molecule has 5 heteroatoms. The van der Waals surface area contributed by atoms with E-state index in [1.54, 1.807) is 18.7 Å². The maximum atomic E-state index is 11.5. The van der Waals surface area contributed by atoms with Gasteiger partial charge in [0.15, 0.2) is 0 Å². The fourth-order valence-corrected chi connectivity index (χ4v) is 3.37. The van der Waals surface area contributed by atoms with Gasteiger partial charge in [-0.2, -0.15) is 0 Å². The van der Waals surface area contributed by atoms with Crippen LogP contribution in [0.3, 0.4) is 0 Å². The highest BCUT2D eigenvalue weighted by atomic mass is 32.2. The second-order valence-electron chi connectivity index (χ2n) is 5.01. The molecule has 0 spiro atoms. The normalized spacial score (nSPS) is 16.1. The van der Waals surface area contributed by atoms with Gasteiger partial charge in [0.05, 0.1) is 0 Å². The van der Waals surface area contributed by atoms with Crippen LogP contribution in [0.2, 0.25) is 0 Å². The predicted molar refractivity (Wildman–Crippen MR) is 85.2 cm³/mol. The Balaban J connectivity index is 2.21. The number of hydrogen-bond donors (Lipinski definition) is 1. The Bertz CT molecular complexity index is 478. The van der Waals surface area contributed by atoms with E-state index in [-0.39, 0.29) is 5.91 Å². The van der Waals surface area contributed by atoms with Crippen molar-refractivity contribution in [2.75, 3.05) is 37.3 Å². The molecule has 1 saturated heterocycles. The van der Waals surface area contributed by atoms with Gasteiger partial charge in [0.2, 0.25) is 5.91 Å². The number of anilines is 1. The zero-order chi connectivity index (χ0) is 14.5. The number of carbonyl (C=O) groups is 1. The van der Waals surface area contributed by atoms with Gasteiger partial charge in [-0.15, -0.1) is 11.8 Å². The van der Waals surface area contributed by atoms with Gasteiger partial charge in [-0.3, -0.25) is 4.79 Å². The molecule has 1 heterocycles. The molecule has 2 rings (SSSR count).